The molecule has 0 aromatic heterocycles. The molecule has 0 unspecified atom stereocenters. The molecule has 1 heterocycles. The highest BCUT2D eigenvalue weighted by Gasteiger charge is 2.36. The van der Waals surface area contributed by atoms with Gasteiger partial charge in [0.15, 0.2) is 4.32 Å². The SMILES string of the molecule is O=C1/C(=C/c2cc(Cl)ccc2OCc2cccc(Cl)c2)SC(=S)N1c1cccc(C(F)(F)F)c1. The second-order valence-corrected chi connectivity index (χ2v) is 9.71. The first-order valence-electron chi connectivity index (χ1n) is 9.74. The Hall–Kier alpha value is -2.52. The maximum absolute atomic E-state index is 13.1. The third-order valence-electron chi connectivity index (χ3n) is 4.77. The number of nitrogens with zero attached hydrogens (tertiary/aromatic N) is 1. The van der Waals surface area contributed by atoms with Crippen LogP contribution in [0.4, 0.5) is 18.9 Å². The summed E-state index contributed by atoms with van der Waals surface area (Å²) >= 11 is 18.5. The van der Waals surface area contributed by atoms with Gasteiger partial charge in [-0.1, -0.05) is 65.4 Å². The van der Waals surface area contributed by atoms with Crippen LogP contribution in [0.15, 0.2) is 71.6 Å². The molecule has 174 valence electrons. The van der Waals surface area contributed by atoms with E-state index in [9.17, 15) is 18.0 Å². The predicted molar refractivity (Wildman–Crippen MR) is 134 cm³/mol. The van der Waals surface area contributed by atoms with Gasteiger partial charge < -0.3 is 4.74 Å². The van der Waals surface area contributed by atoms with E-state index in [1.165, 1.54) is 12.1 Å². The number of benzene rings is 3. The fourth-order valence-electron chi connectivity index (χ4n) is 3.20. The van der Waals surface area contributed by atoms with Crippen LogP contribution in [0, 0.1) is 0 Å². The number of hydrogen-bond donors (Lipinski definition) is 0. The highest BCUT2D eigenvalue weighted by molar-refractivity contribution is 8.27. The molecule has 1 amide bonds. The molecule has 0 saturated carbocycles. The largest absolute Gasteiger partial charge is 0.488 e. The first kappa shape index (κ1) is 24.6. The summed E-state index contributed by atoms with van der Waals surface area (Å²) in [5.74, 6) is -0.0659. The second kappa shape index (κ2) is 10.00. The number of hydrogen-bond acceptors (Lipinski definition) is 4. The van der Waals surface area contributed by atoms with Crippen LogP contribution >= 0.6 is 47.2 Å². The lowest BCUT2D eigenvalue weighted by Gasteiger charge is -2.16. The Morgan fingerprint density at radius 3 is 2.47 bits per heavy atom. The minimum atomic E-state index is -4.54. The second-order valence-electron chi connectivity index (χ2n) is 7.17. The molecule has 1 aliphatic heterocycles. The van der Waals surface area contributed by atoms with Crippen molar-refractivity contribution in [1.82, 2.24) is 0 Å². The molecule has 3 nitrogen and oxygen atoms in total. The van der Waals surface area contributed by atoms with E-state index in [0.29, 0.717) is 21.4 Å². The van der Waals surface area contributed by atoms with Gasteiger partial charge in [0.05, 0.1) is 16.2 Å². The highest BCUT2D eigenvalue weighted by atomic mass is 35.5. The first-order valence-corrected chi connectivity index (χ1v) is 11.7. The average Bonchev–Trinajstić information content (AvgIpc) is 3.05. The molecule has 0 atom stereocenters. The van der Waals surface area contributed by atoms with Crippen molar-refractivity contribution >= 4 is 69.2 Å². The normalized spacial score (nSPS) is 15.3. The number of halogens is 5. The summed E-state index contributed by atoms with van der Waals surface area (Å²) in [4.78, 5) is 14.4. The molecule has 1 saturated heterocycles. The highest BCUT2D eigenvalue weighted by Crippen LogP contribution is 2.39. The quantitative estimate of drug-likeness (QED) is 0.242. The fourth-order valence-corrected chi connectivity index (χ4v) is 4.89. The van der Waals surface area contributed by atoms with Crippen LogP contribution in [-0.4, -0.2) is 10.2 Å². The van der Waals surface area contributed by atoms with Gasteiger partial charge in [-0.15, -0.1) is 0 Å². The van der Waals surface area contributed by atoms with Crippen molar-refractivity contribution in [2.24, 2.45) is 0 Å². The smallest absolute Gasteiger partial charge is 0.416 e. The molecule has 4 rings (SSSR count). The summed E-state index contributed by atoms with van der Waals surface area (Å²) in [6.45, 7) is 0.230. The number of thioether (sulfide) groups is 1. The number of thiocarbonyl (C=S) groups is 1. The van der Waals surface area contributed by atoms with Gasteiger partial charge in [-0.2, -0.15) is 13.2 Å². The summed E-state index contributed by atoms with van der Waals surface area (Å²) in [5, 5.41) is 1.01. The standard InChI is InChI=1S/C24H14Cl2F3NO2S2/c25-17-5-1-3-14(9-17)13-32-20-8-7-18(26)10-15(20)11-21-22(31)30(23(33)34-21)19-6-2-4-16(12-19)24(27,28)29/h1-12H,13H2/b21-11-. The van der Waals surface area contributed by atoms with Crippen molar-refractivity contribution < 1.29 is 22.7 Å². The van der Waals surface area contributed by atoms with Crippen molar-refractivity contribution in [3.05, 3.63) is 98.4 Å². The Morgan fingerprint density at radius 1 is 1.00 bits per heavy atom. The lowest BCUT2D eigenvalue weighted by molar-refractivity contribution is -0.137. The van der Waals surface area contributed by atoms with Crippen molar-refractivity contribution in [3.63, 3.8) is 0 Å². The zero-order valence-electron chi connectivity index (χ0n) is 17.1. The van der Waals surface area contributed by atoms with Crippen molar-refractivity contribution in [2.75, 3.05) is 4.90 Å². The first-order chi connectivity index (χ1) is 16.1. The van der Waals surface area contributed by atoms with E-state index in [0.717, 1.165) is 34.4 Å². The molecule has 0 spiro atoms. The Morgan fingerprint density at radius 2 is 1.74 bits per heavy atom. The number of alkyl halides is 3. The lowest BCUT2D eigenvalue weighted by atomic mass is 10.1. The molecule has 10 heteroatoms. The summed E-state index contributed by atoms with van der Waals surface area (Å²) in [5.41, 5.74) is 0.558. The molecule has 3 aromatic carbocycles. The lowest BCUT2D eigenvalue weighted by Crippen LogP contribution is -2.27. The summed E-state index contributed by atoms with van der Waals surface area (Å²) in [6.07, 6.45) is -2.98. The van der Waals surface area contributed by atoms with Crippen LogP contribution in [-0.2, 0) is 17.6 Å². The minimum Gasteiger partial charge on any atom is -0.488 e. The third-order valence-corrected chi connectivity index (χ3v) is 6.54. The van der Waals surface area contributed by atoms with E-state index in [2.05, 4.69) is 0 Å². The average molecular weight is 540 g/mol. The number of carbonyl (C=O) groups excluding carboxylic acids is 1. The summed E-state index contributed by atoms with van der Waals surface area (Å²) in [7, 11) is 0. The van der Waals surface area contributed by atoms with Crippen molar-refractivity contribution in [1.29, 1.82) is 0 Å². The number of ether oxygens (including phenoxy) is 1. The Bertz CT molecular complexity index is 1310. The van der Waals surface area contributed by atoms with Crippen LogP contribution in [0.25, 0.3) is 6.08 Å². The van der Waals surface area contributed by atoms with Crippen LogP contribution in [0.5, 0.6) is 5.75 Å². The van der Waals surface area contributed by atoms with Gasteiger partial charge in [-0.05, 0) is 60.2 Å². The number of amides is 1. The topological polar surface area (TPSA) is 29.5 Å². The fraction of sp³-hybridized carbons (Fsp3) is 0.0833. The Balaban J connectivity index is 1.62. The molecule has 0 aliphatic carbocycles. The number of rotatable bonds is 5. The molecule has 34 heavy (non-hydrogen) atoms. The van der Waals surface area contributed by atoms with Gasteiger partial charge >= 0.3 is 6.18 Å². The predicted octanol–water partition coefficient (Wildman–Crippen LogP) is 8.00. The van der Waals surface area contributed by atoms with E-state index in [4.69, 9.17) is 40.2 Å². The van der Waals surface area contributed by atoms with Crippen LogP contribution in [0.1, 0.15) is 16.7 Å². The zero-order valence-corrected chi connectivity index (χ0v) is 20.3. The zero-order chi connectivity index (χ0) is 24.5. The molecule has 0 N–H and O–H groups in total. The maximum atomic E-state index is 13.1. The van der Waals surface area contributed by atoms with Crippen LogP contribution in [0.2, 0.25) is 10.0 Å². The van der Waals surface area contributed by atoms with Crippen molar-refractivity contribution in [2.45, 2.75) is 12.8 Å². The van der Waals surface area contributed by atoms with Gasteiger partial charge in [0.2, 0.25) is 0 Å². The maximum Gasteiger partial charge on any atom is 0.416 e. The molecule has 0 radical (unpaired) electrons. The Kier molecular flexibility index (Phi) is 7.23. The number of anilines is 1. The molecule has 1 fully saturated rings. The van der Waals surface area contributed by atoms with Gasteiger partial charge in [0.1, 0.15) is 12.4 Å². The minimum absolute atomic E-state index is 0.0456. The monoisotopic (exact) mass is 539 g/mol. The van der Waals surface area contributed by atoms with Gasteiger partial charge in [0.25, 0.3) is 5.91 Å². The van der Waals surface area contributed by atoms with Crippen LogP contribution in [0.3, 0.4) is 0 Å². The molecular weight excluding hydrogens is 526 g/mol. The van der Waals surface area contributed by atoms with E-state index >= 15 is 0 Å². The molecule has 3 aromatic rings. The third kappa shape index (κ3) is 5.58. The van der Waals surface area contributed by atoms with E-state index in [1.54, 1.807) is 36.4 Å². The number of carbonyl (C=O) groups is 1. The van der Waals surface area contributed by atoms with E-state index < -0.39 is 17.6 Å². The summed E-state index contributed by atoms with van der Waals surface area (Å²) < 4.78 is 45.4. The van der Waals surface area contributed by atoms with Crippen LogP contribution < -0.4 is 9.64 Å². The van der Waals surface area contributed by atoms with Gasteiger partial charge in [-0.3, -0.25) is 9.69 Å². The molecule has 0 bridgehead atoms. The van der Waals surface area contributed by atoms with Gasteiger partial charge in [0, 0.05) is 15.6 Å². The molecule has 1 aliphatic rings. The van der Waals surface area contributed by atoms with Gasteiger partial charge in [-0.25, -0.2) is 0 Å². The summed E-state index contributed by atoms with van der Waals surface area (Å²) in [6, 6.07) is 16.6. The molecular formula is C24H14Cl2F3NO2S2. The van der Waals surface area contributed by atoms with E-state index in [1.807, 2.05) is 12.1 Å². The van der Waals surface area contributed by atoms with E-state index in [-0.39, 0.29) is 21.5 Å². The Labute approximate surface area is 213 Å². The van der Waals surface area contributed by atoms with Crippen molar-refractivity contribution in [3.8, 4) is 5.75 Å².